The predicted molar refractivity (Wildman–Crippen MR) is 175 cm³/mol. The van der Waals surface area contributed by atoms with Gasteiger partial charge in [-0.05, 0) is 87.4 Å². The summed E-state index contributed by atoms with van der Waals surface area (Å²) in [7, 11) is 4.18. The summed E-state index contributed by atoms with van der Waals surface area (Å²) in [5.41, 5.74) is 15.3. The van der Waals surface area contributed by atoms with Crippen LogP contribution in [0.5, 0.6) is 5.75 Å². The number of aliphatic imine (C=N–C) groups is 1. The summed E-state index contributed by atoms with van der Waals surface area (Å²) in [4.78, 5) is 21.4. The molecule has 0 aromatic heterocycles. The molecule has 3 aliphatic rings. The maximum atomic E-state index is 12.1. The van der Waals surface area contributed by atoms with Crippen LogP contribution in [-0.2, 0) is 4.79 Å². The molecular formula is C36H45N5O2. The van der Waals surface area contributed by atoms with Gasteiger partial charge in [0.1, 0.15) is 18.0 Å². The average Bonchev–Trinajstić information content (AvgIpc) is 3.11. The van der Waals surface area contributed by atoms with Crippen molar-refractivity contribution in [3.8, 4) is 11.8 Å². The number of benzene rings is 1. The Kier molecular flexibility index (Phi) is 10.6. The third kappa shape index (κ3) is 7.26. The molecule has 4 rings (SSSR count). The highest BCUT2D eigenvalue weighted by atomic mass is 16.5. The Bertz CT molecular complexity index is 1500. The van der Waals surface area contributed by atoms with E-state index in [1.165, 1.54) is 22.9 Å². The van der Waals surface area contributed by atoms with Crippen molar-refractivity contribution in [3.63, 3.8) is 0 Å². The first-order chi connectivity index (χ1) is 20.7. The van der Waals surface area contributed by atoms with E-state index >= 15 is 0 Å². The first-order valence-corrected chi connectivity index (χ1v) is 15.3. The first-order valence-electron chi connectivity index (χ1n) is 15.3. The third-order valence-corrected chi connectivity index (χ3v) is 8.58. The van der Waals surface area contributed by atoms with Gasteiger partial charge in [-0.2, -0.15) is 5.26 Å². The van der Waals surface area contributed by atoms with Gasteiger partial charge in [0.25, 0.3) is 5.78 Å². The summed E-state index contributed by atoms with van der Waals surface area (Å²) >= 11 is 0. The van der Waals surface area contributed by atoms with Crippen LogP contribution in [0.15, 0.2) is 87.6 Å². The number of allylic oxidation sites excluding steroid dienone is 6. The van der Waals surface area contributed by atoms with Crippen LogP contribution < -0.4 is 10.5 Å². The van der Waals surface area contributed by atoms with Gasteiger partial charge >= 0.3 is 0 Å². The van der Waals surface area contributed by atoms with Crippen molar-refractivity contribution < 1.29 is 9.53 Å². The van der Waals surface area contributed by atoms with Gasteiger partial charge in [0, 0.05) is 37.6 Å². The van der Waals surface area contributed by atoms with E-state index in [9.17, 15) is 4.79 Å². The summed E-state index contributed by atoms with van der Waals surface area (Å²) in [6.45, 7) is 11.3. The Morgan fingerprint density at radius 3 is 2.79 bits per heavy atom. The molecule has 0 spiro atoms. The molecule has 1 aromatic rings. The smallest absolute Gasteiger partial charge is 0.265 e. The summed E-state index contributed by atoms with van der Waals surface area (Å²) in [5, 5.41) is 9.13. The maximum absolute atomic E-state index is 12.1. The number of nitrogens with two attached hydrogens (primary N) is 1. The summed E-state index contributed by atoms with van der Waals surface area (Å²) in [6, 6.07) is 7.84. The molecule has 0 fully saturated rings. The molecule has 7 heteroatoms. The minimum absolute atomic E-state index is 0.147. The summed E-state index contributed by atoms with van der Waals surface area (Å²) in [6.07, 6.45) is 15.2. The zero-order valence-corrected chi connectivity index (χ0v) is 26.5. The van der Waals surface area contributed by atoms with Crippen molar-refractivity contribution in [1.29, 1.82) is 5.26 Å². The van der Waals surface area contributed by atoms with Gasteiger partial charge in [-0.15, -0.1) is 0 Å². The van der Waals surface area contributed by atoms with Crippen LogP contribution in [0.3, 0.4) is 0 Å². The lowest BCUT2D eigenvalue weighted by Gasteiger charge is -2.31. The predicted octanol–water partition coefficient (Wildman–Crippen LogP) is 6.26. The van der Waals surface area contributed by atoms with Gasteiger partial charge in [0.05, 0.1) is 17.9 Å². The van der Waals surface area contributed by atoms with Gasteiger partial charge in [-0.25, -0.2) is 0 Å². The molecule has 43 heavy (non-hydrogen) atoms. The second-order valence-corrected chi connectivity index (χ2v) is 11.7. The van der Waals surface area contributed by atoms with Gasteiger partial charge in [-0.1, -0.05) is 55.4 Å². The number of carbonyl (C=O) groups excluding carboxylic acids is 1. The van der Waals surface area contributed by atoms with Crippen molar-refractivity contribution >= 4 is 17.2 Å². The quantitative estimate of drug-likeness (QED) is 0.152. The fourth-order valence-corrected chi connectivity index (χ4v) is 6.20. The van der Waals surface area contributed by atoms with E-state index in [1.54, 1.807) is 11.6 Å². The molecule has 2 heterocycles. The van der Waals surface area contributed by atoms with Gasteiger partial charge in [0.15, 0.2) is 0 Å². The average molecular weight is 580 g/mol. The molecule has 2 N–H and O–H groups in total. The number of nitriles is 1. The van der Waals surface area contributed by atoms with Crippen LogP contribution in [-0.4, -0.2) is 61.3 Å². The van der Waals surface area contributed by atoms with Crippen LogP contribution in [0.4, 0.5) is 0 Å². The van der Waals surface area contributed by atoms with Crippen molar-refractivity contribution in [1.82, 2.24) is 9.80 Å². The number of carbonyl (C=O) groups is 1. The monoisotopic (exact) mass is 579 g/mol. The maximum Gasteiger partial charge on any atom is 0.265 e. The highest BCUT2D eigenvalue weighted by Gasteiger charge is 2.25. The van der Waals surface area contributed by atoms with E-state index in [0.717, 1.165) is 54.9 Å². The standard InChI is InChI=1S/C36H45N5O2/c1-7-32(30(21-37)34(42)22-38)39-35-15-9-14-33(41(35)6)29-13-8-11-24(2)36(29)43-18-10-12-27-19-25(3)28-16-17-40(5)23-31(28)26(4)20-27/h8-9,11,13-15,19-21,25,35H,7,10,12,16-18,23,37H2,1-6H3. The lowest BCUT2D eigenvalue weighted by Crippen LogP contribution is -2.31. The van der Waals surface area contributed by atoms with Crippen molar-refractivity contribution in [2.75, 3.05) is 33.8 Å². The summed E-state index contributed by atoms with van der Waals surface area (Å²) < 4.78 is 6.49. The highest BCUT2D eigenvalue weighted by Crippen LogP contribution is 2.36. The lowest BCUT2D eigenvalue weighted by atomic mass is 9.88. The molecule has 2 aliphatic heterocycles. The van der Waals surface area contributed by atoms with Crippen LogP contribution in [0.25, 0.3) is 5.70 Å². The number of likely N-dealkylation sites (N-methyl/N-ethyl adjacent to an activating group) is 2. The SMILES string of the molecule is CCC(=NC1C=CC=C(c2cccc(C)c2OCCCC2=CC(C)C3=C(CN(C)CC3)C(C)=C2)N1C)C(=CN)C(=O)C#N. The Labute approximate surface area is 257 Å². The Hall–Kier alpha value is -4.15. The zero-order chi connectivity index (χ0) is 31.1. The molecule has 0 saturated carbocycles. The number of aryl methyl sites for hydroxylation is 1. The minimum atomic E-state index is -0.682. The molecule has 226 valence electrons. The molecule has 0 bridgehead atoms. The van der Waals surface area contributed by atoms with E-state index in [1.807, 2.05) is 32.2 Å². The van der Waals surface area contributed by atoms with E-state index < -0.39 is 5.78 Å². The Balaban J connectivity index is 1.47. The molecule has 0 amide bonds. The second-order valence-electron chi connectivity index (χ2n) is 11.7. The summed E-state index contributed by atoms with van der Waals surface area (Å²) in [5.74, 6) is 0.655. The van der Waals surface area contributed by atoms with Crippen molar-refractivity contribution in [3.05, 3.63) is 93.8 Å². The number of hydrogen-bond donors (Lipinski definition) is 1. The van der Waals surface area contributed by atoms with Crippen LogP contribution >= 0.6 is 0 Å². The van der Waals surface area contributed by atoms with E-state index in [2.05, 4.69) is 68.0 Å². The molecule has 0 saturated heterocycles. The molecule has 1 aromatic carbocycles. The second kappa shape index (κ2) is 14.3. The van der Waals surface area contributed by atoms with Gasteiger partial charge in [-0.3, -0.25) is 9.79 Å². The molecule has 2 unspecified atom stereocenters. The number of Topliss-reactive ketones (excluding diaryl/α,β-unsaturated/α-hetero) is 1. The number of ether oxygens (including phenoxy) is 1. The molecule has 2 atom stereocenters. The number of ketones is 1. The fourth-order valence-electron chi connectivity index (χ4n) is 6.20. The third-order valence-electron chi connectivity index (χ3n) is 8.58. The molecule has 0 radical (unpaired) electrons. The highest BCUT2D eigenvalue weighted by molar-refractivity contribution is 6.27. The Morgan fingerprint density at radius 2 is 2.07 bits per heavy atom. The van der Waals surface area contributed by atoms with Crippen molar-refractivity contribution in [2.45, 2.75) is 59.5 Å². The van der Waals surface area contributed by atoms with Crippen LogP contribution in [0.1, 0.15) is 57.6 Å². The number of nitrogens with zero attached hydrogens (tertiary/aromatic N) is 4. The zero-order valence-electron chi connectivity index (χ0n) is 26.5. The molecule has 7 nitrogen and oxygen atoms in total. The van der Waals surface area contributed by atoms with Crippen LogP contribution in [0, 0.1) is 24.2 Å². The van der Waals surface area contributed by atoms with Gasteiger partial charge < -0.3 is 20.3 Å². The van der Waals surface area contributed by atoms with Gasteiger partial charge in [0.2, 0.25) is 0 Å². The van der Waals surface area contributed by atoms with E-state index in [0.29, 0.717) is 24.7 Å². The number of hydrogen-bond acceptors (Lipinski definition) is 7. The van der Waals surface area contributed by atoms with E-state index in [-0.39, 0.29) is 11.7 Å². The lowest BCUT2D eigenvalue weighted by molar-refractivity contribution is -0.110. The fraction of sp³-hybridized carbons (Fsp3) is 0.417. The number of rotatable bonds is 10. The number of para-hydroxylation sites is 1. The van der Waals surface area contributed by atoms with Crippen LogP contribution in [0.2, 0.25) is 0 Å². The largest absolute Gasteiger partial charge is 0.493 e. The topological polar surface area (TPSA) is 94.9 Å². The molecule has 1 aliphatic carbocycles. The minimum Gasteiger partial charge on any atom is -0.493 e. The first kappa shape index (κ1) is 31.8. The normalized spacial score (nSPS) is 21.4. The van der Waals surface area contributed by atoms with Crippen molar-refractivity contribution in [2.24, 2.45) is 16.6 Å². The molecular weight excluding hydrogens is 534 g/mol. The van der Waals surface area contributed by atoms with E-state index in [4.69, 9.17) is 20.7 Å². The Morgan fingerprint density at radius 1 is 1.28 bits per heavy atom.